The summed E-state index contributed by atoms with van der Waals surface area (Å²) in [6, 6.07) is 0. The summed E-state index contributed by atoms with van der Waals surface area (Å²) >= 11 is 0. The first-order valence-corrected chi connectivity index (χ1v) is 10.0. The Balaban J connectivity index is 3.20. The van der Waals surface area contributed by atoms with Crippen LogP contribution >= 0.6 is 0 Å². The Morgan fingerprint density at radius 1 is 0.567 bits per heavy atom. The quantitative estimate of drug-likeness (QED) is 0.343. The van der Waals surface area contributed by atoms with E-state index < -0.39 is 17.1 Å². The van der Waals surface area contributed by atoms with E-state index >= 15 is 0 Å². The standard InChI is InChI=1S/C18H30N6O6/c1-4-13(25)19-7-10-22-16(28)23(11-8-20-14(26)5-2)18(30)24(17(22)29)12-9-21-15(27)6-3/h4-12H2,1-3H3,(H,19,25)(H,20,26)(H,21,27). The highest BCUT2D eigenvalue weighted by atomic mass is 16.2. The third kappa shape index (κ3) is 7.01. The minimum absolute atomic E-state index is 0.0408. The van der Waals surface area contributed by atoms with Crippen LogP contribution in [0.25, 0.3) is 0 Å². The second-order valence-corrected chi connectivity index (χ2v) is 6.41. The summed E-state index contributed by atoms with van der Waals surface area (Å²) in [7, 11) is 0. The number of hydrogen-bond acceptors (Lipinski definition) is 6. The van der Waals surface area contributed by atoms with Gasteiger partial charge in [0.05, 0.1) is 0 Å². The molecule has 1 aromatic rings. The van der Waals surface area contributed by atoms with Gasteiger partial charge in [-0.25, -0.2) is 28.1 Å². The van der Waals surface area contributed by atoms with Crippen LogP contribution in [-0.4, -0.2) is 51.1 Å². The van der Waals surface area contributed by atoms with Crippen LogP contribution < -0.4 is 33.0 Å². The Morgan fingerprint density at radius 3 is 1.00 bits per heavy atom. The first-order chi connectivity index (χ1) is 14.3. The average molecular weight is 426 g/mol. The Kier molecular flexibility index (Phi) is 10.3. The molecular weight excluding hydrogens is 396 g/mol. The Morgan fingerprint density at radius 2 is 0.800 bits per heavy atom. The topological polar surface area (TPSA) is 153 Å². The SMILES string of the molecule is CCC(=O)NCCn1c(=O)n(CCNC(=O)CC)c(=O)n(CCNC(=O)CC)c1=O. The molecule has 3 N–H and O–H groups in total. The van der Waals surface area contributed by atoms with Crippen molar-refractivity contribution in [3.8, 4) is 0 Å². The van der Waals surface area contributed by atoms with Gasteiger partial charge in [-0.2, -0.15) is 0 Å². The third-order valence-corrected chi connectivity index (χ3v) is 4.32. The summed E-state index contributed by atoms with van der Waals surface area (Å²) in [4.78, 5) is 72.3. The Hall–Kier alpha value is -3.18. The molecule has 1 rings (SSSR count). The molecule has 12 heteroatoms. The summed E-state index contributed by atoms with van der Waals surface area (Å²) in [6.07, 6.45) is 0.770. The van der Waals surface area contributed by atoms with Gasteiger partial charge in [0.2, 0.25) is 17.7 Å². The van der Waals surface area contributed by atoms with Gasteiger partial charge in [0.1, 0.15) is 0 Å². The monoisotopic (exact) mass is 426 g/mol. The lowest BCUT2D eigenvalue weighted by atomic mass is 10.4. The van der Waals surface area contributed by atoms with E-state index in [9.17, 15) is 28.8 Å². The zero-order valence-corrected chi connectivity index (χ0v) is 17.7. The number of nitrogens with zero attached hydrogens (tertiary/aromatic N) is 3. The molecule has 3 amide bonds. The molecule has 0 aliphatic rings. The highest BCUT2D eigenvalue weighted by Crippen LogP contribution is 1.82. The fourth-order valence-corrected chi connectivity index (χ4v) is 2.55. The van der Waals surface area contributed by atoms with Crippen molar-refractivity contribution in [1.82, 2.24) is 29.7 Å². The summed E-state index contributed by atoms with van der Waals surface area (Å²) in [5, 5.41) is 7.72. The van der Waals surface area contributed by atoms with Crippen molar-refractivity contribution in [3.05, 3.63) is 31.5 Å². The highest BCUT2D eigenvalue weighted by Gasteiger charge is 2.15. The van der Waals surface area contributed by atoms with Crippen LogP contribution in [0.1, 0.15) is 40.0 Å². The van der Waals surface area contributed by atoms with Crippen LogP contribution in [-0.2, 0) is 34.0 Å². The molecule has 0 fully saturated rings. The summed E-state index contributed by atoms with van der Waals surface area (Å²) < 4.78 is 2.59. The van der Waals surface area contributed by atoms with Crippen molar-refractivity contribution in [3.63, 3.8) is 0 Å². The molecule has 0 saturated heterocycles. The van der Waals surface area contributed by atoms with Crippen LogP contribution in [0, 0.1) is 0 Å². The molecule has 1 aromatic heterocycles. The van der Waals surface area contributed by atoms with Crippen molar-refractivity contribution in [2.45, 2.75) is 59.7 Å². The van der Waals surface area contributed by atoms with Crippen molar-refractivity contribution in [2.75, 3.05) is 19.6 Å². The number of carbonyl (C=O) groups excluding carboxylic acids is 3. The first-order valence-electron chi connectivity index (χ1n) is 10.0. The maximum atomic E-state index is 12.7. The Bertz CT molecular complexity index is 779. The predicted molar refractivity (Wildman–Crippen MR) is 109 cm³/mol. The largest absolute Gasteiger partial charge is 0.354 e. The maximum Gasteiger partial charge on any atom is 0.336 e. The zero-order chi connectivity index (χ0) is 22.7. The summed E-state index contributed by atoms with van der Waals surface area (Å²) in [5.74, 6) is -0.705. The molecule has 0 aliphatic heterocycles. The van der Waals surface area contributed by atoms with Gasteiger partial charge >= 0.3 is 17.1 Å². The van der Waals surface area contributed by atoms with E-state index in [2.05, 4.69) is 16.0 Å². The lowest BCUT2D eigenvalue weighted by Gasteiger charge is -2.15. The summed E-state index contributed by atoms with van der Waals surface area (Å²) in [5.41, 5.74) is -2.47. The Labute approximate surface area is 173 Å². The minimum atomic E-state index is -0.824. The fraction of sp³-hybridized carbons (Fsp3) is 0.667. The molecule has 0 aromatic carbocycles. The number of nitrogens with one attached hydrogen (secondary N) is 3. The molecule has 12 nitrogen and oxygen atoms in total. The second-order valence-electron chi connectivity index (χ2n) is 6.41. The van der Waals surface area contributed by atoms with E-state index in [0.717, 1.165) is 13.7 Å². The van der Waals surface area contributed by atoms with E-state index in [-0.39, 0.29) is 76.3 Å². The van der Waals surface area contributed by atoms with E-state index in [4.69, 9.17) is 0 Å². The van der Waals surface area contributed by atoms with Gasteiger partial charge in [0, 0.05) is 58.5 Å². The van der Waals surface area contributed by atoms with E-state index in [1.54, 1.807) is 20.8 Å². The molecule has 168 valence electrons. The maximum absolute atomic E-state index is 12.7. The molecule has 0 unspecified atom stereocenters. The lowest BCUT2D eigenvalue weighted by molar-refractivity contribution is -0.121. The van der Waals surface area contributed by atoms with Crippen LogP contribution in [0.3, 0.4) is 0 Å². The van der Waals surface area contributed by atoms with Gasteiger partial charge < -0.3 is 16.0 Å². The van der Waals surface area contributed by atoms with Gasteiger partial charge in [0.15, 0.2) is 0 Å². The molecule has 0 atom stereocenters. The van der Waals surface area contributed by atoms with Gasteiger partial charge in [-0.3, -0.25) is 14.4 Å². The van der Waals surface area contributed by atoms with E-state index in [1.807, 2.05) is 0 Å². The van der Waals surface area contributed by atoms with Gasteiger partial charge in [0.25, 0.3) is 0 Å². The van der Waals surface area contributed by atoms with Gasteiger partial charge in [-0.05, 0) is 0 Å². The van der Waals surface area contributed by atoms with Gasteiger partial charge in [-0.15, -0.1) is 0 Å². The molecule has 30 heavy (non-hydrogen) atoms. The van der Waals surface area contributed by atoms with Crippen LogP contribution in [0.2, 0.25) is 0 Å². The van der Waals surface area contributed by atoms with Crippen LogP contribution in [0.5, 0.6) is 0 Å². The lowest BCUT2D eigenvalue weighted by Crippen LogP contribution is -2.56. The second kappa shape index (κ2) is 12.4. The van der Waals surface area contributed by atoms with E-state index in [0.29, 0.717) is 0 Å². The predicted octanol–water partition coefficient (Wildman–Crippen LogP) is -2.25. The fourth-order valence-electron chi connectivity index (χ4n) is 2.55. The van der Waals surface area contributed by atoms with Crippen LogP contribution in [0.4, 0.5) is 0 Å². The molecule has 0 radical (unpaired) electrons. The van der Waals surface area contributed by atoms with Crippen molar-refractivity contribution >= 4 is 17.7 Å². The zero-order valence-electron chi connectivity index (χ0n) is 17.7. The molecule has 0 bridgehead atoms. The number of hydrogen-bond donors (Lipinski definition) is 3. The number of amides is 3. The van der Waals surface area contributed by atoms with Crippen LogP contribution in [0.15, 0.2) is 14.4 Å². The van der Waals surface area contributed by atoms with Crippen molar-refractivity contribution in [1.29, 1.82) is 0 Å². The van der Waals surface area contributed by atoms with Crippen molar-refractivity contribution < 1.29 is 14.4 Å². The third-order valence-electron chi connectivity index (χ3n) is 4.32. The average Bonchev–Trinajstić information content (AvgIpc) is 2.74. The normalized spacial score (nSPS) is 10.5. The summed E-state index contributed by atoms with van der Waals surface area (Å²) in [6.45, 7) is 4.78. The smallest absolute Gasteiger partial charge is 0.336 e. The number of rotatable bonds is 12. The minimum Gasteiger partial charge on any atom is -0.354 e. The van der Waals surface area contributed by atoms with Gasteiger partial charge in [-0.1, -0.05) is 20.8 Å². The number of aromatic nitrogens is 3. The molecule has 0 aliphatic carbocycles. The molecule has 0 spiro atoms. The molecule has 0 saturated carbocycles. The highest BCUT2D eigenvalue weighted by molar-refractivity contribution is 5.76. The molecule has 1 heterocycles. The molecular formula is C18H30N6O6. The van der Waals surface area contributed by atoms with Crippen molar-refractivity contribution in [2.24, 2.45) is 0 Å². The van der Waals surface area contributed by atoms with E-state index in [1.165, 1.54) is 0 Å². The first kappa shape index (κ1) is 24.9. The number of carbonyl (C=O) groups is 3.